The van der Waals surface area contributed by atoms with Gasteiger partial charge in [0.1, 0.15) is 0 Å². The summed E-state index contributed by atoms with van der Waals surface area (Å²) in [6, 6.07) is 8.77. The first-order chi connectivity index (χ1) is 11.7. The minimum Gasteiger partial charge on any atom is -0.349 e. The second-order valence-electron chi connectivity index (χ2n) is 7.02. The zero-order valence-corrected chi connectivity index (χ0v) is 14.1. The molecule has 1 aromatic carbocycles. The smallest absolute Gasteiger partial charge is 0.251 e. The number of aryl methyl sites for hydroxylation is 1. The third-order valence-electron chi connectivity index (χ3n) is 5.03. The normalized spacial score (nSPS) is 19.4. The van der Waals surface area contributed by atoms with Crippen LogP contribution in [0, 0.1) is 6.92 Å². The van der Waals surface area contributed by atoms with Gasteiger partial charge >= 0.3 is 0 Å². The third-order valence-corrected chi connectivity index (χ3v) is 5.03. The van der Waals surface area contributed by atoms with Crippen LogP contribution in [-0.2, 0) is 0 Å². The van der Waals surface area contributed by atoms with Gasteiger partial charge in [-0.05, 0) is 62.4 Å². The third kappa shape index (κ3) is 3.36. The molecule has 24 heavy (non-hydrogen) atoms. The van der Waals surface area contributed by atoms with Crippen LogP contribution in [0.25, 0.3) is 5.69 Å². The van der Waals surface area contributed by atoms with E-state index in [1.54, 1.807) is 0 Å². The number of nitrogens with one attached hydrogen (secondary N) is 1. The van der Waals surface area contributed by atoms with Gasteiger partial charge in [-0.3, -0.25) is 4.79 Å². The fraction of sp³-hybridized carbons (Fsp3) is 0.474. The number of likely N-dealkylation sites (tertiary alicyclic amines) is 1. The number of carbonyl (C=O) groups is 1. The summed E-state index contributed by atoms with van der Waals surface area (Å²) >= 11 is 0. The van der Waals surface area contributed by atoms with Crippen LogP contribution in [0.3, 0.4) is 0 Å². The first-order valence-corrected chi connectivity index (χ1v) is 8.86. The first kappa shape index (κ1) is 15.4. The van der Waals surface area contributed by atoms with E-state index >= 15 is 0 Å². The van der Waals surface area contributed by atoms with Gasteiger partial charge in [0.05, 0.1) is 11.9 Å². The van der Waals surface area contributed by atoms with Crippen LogP contribution in [0.1, 0.15) is 41.6 Å². The summed E-state index contributed by atoms with van der Waals surface area (Å²) in [6.45, 7) is 4.25. The Kier molecular flexibility index (Phi) is 4.10. The summed E-state index contributed by atoms with van der Waals surface area (Å²) in [5, 5.41) is 7.48. The molecule has 1 N–H and O–H groups in total. The molecule has 126 valence electrons. The maximum absolute atomic E-state index is 12.4. The maximum atomic E-state index is 12.4. The summed E-state index contributed by atoms with van der Waals surface area (Å²) in [5.74, 6) is 0.0306. The molecule has 1 aromatic heterocycles. The van der Waals surface area contributed by atoms with Gasteiger partial charge in [-0.25, -0.2) is 4.68 Å². The number of amides is 1. The van der Waals surface area contributed by atoms with Crippen LogP contribution < -0.4 is 5.32 Å². The van der Waals surface area contributed by atoms with Crippen LogP contribution in [0.4, 0.5) is 0 Å². The van der Waals surface area contributed by atoms with Crippen molar-refractivity contribution in [2.45, 2.75) is 44.7 Å². The molecule has 2 aromatic rings. The van der Waals surface area contributed by atoms with Crippen molar-refractivity contribution in [3.63, 3.8) is 0 Å². The summed E-state index contributed by atoms with van der Waals surface area (Å²) in [6.07, 6.45) is 8.65. The van der Waals surface area contributed by atoms with Gasteiger partial charge in [-0.15, -0.1) is 0 Å². The van der Waals surface area contributed by atoms with Gasteiger partial charge in [0.2, 0.25) is 0 Å². The van der Waals surface area contributed by atoms with Crippen molar-refractivity contribution >= 4 is 5.91 Å². The highest BCUT2D eigenvalue weighted by Gasteiger charge is 2.32. The van der Waals surface area contributed by atoms with Gasteiger partial charge in [0, 0.05) is 36.9 Å². The molecule has 1 aliphatic heterocycles. The van der Waals surface area contributed by atoms with Crippen molar-refractivity contribution < 1.29 is 4.79 Å². The lowest BCUT2D eigenvalue weighted by Gasteiger charge is -2.32. The Balaban J connectivity index is 1.34. The highest BCUT2D eigenvalue weighted by atomic mass is 16.1. The standard InChI is InChI=1S/C19H24N4O/c1-14-12-20-23(13-14)18-4-2-15(3-5-18)19(24)21-16-8-10-22(11-9-16)17-6-7-17/h2-5,12-13,16-17H,6-11H2,1H3,(H,21,24). The zero-order chi connectivity index (χ0) is 16.5. The lowest BCUT2D eigenvalue weighted by molar-refractivity contribution is 0.0909. The summed E-state index contributed by atoms with van der Waals surface area (Å²) in [7, 11) is 0. The Hall–Kier alpha value is -2.14. The Morgan fingerprint density at radius 1 is 1.12 bits per heavy atom. The van der Waals surface area contributed by atoms with Gasteiger partial charge in [0.25, 0.3) is 5.91 Å². The molecule has 1 amide bonds. The minimum atomic E-state index is 0.0306. The summed E-state index contributed by atoms with van der Waals surface area (Å²) < 4.78 is 1.82. The van der Waals surface area contributed by atoms with Crippen LogP contribution in [0.2, 0.25) is 0 Å². The van der Waals surface area contributed by atoms with Crippen LogP contribution in [0.5, 0.6) is 0 Å². The number of nitrogens with zero attached hydrogens (tertiary/aromatic N) is 3. The summed E-state index contributed by atoms with van der Waals surface area (Å²) in [4.78, 5) is 15.0. The first-order valence-electron chi connectivity index (χ1n) is 8.86. The molecule has 0 bridgehead atoms. The van der Waals surface area contributed by atoms with E-state index < -0.39 is 0 Å². The molecule has 0 unspecified atom stereocenters. The van der Waals surface area contributed by atoms with Crippen molar-refractivity contribution in [2.24, 2.45) is 0 Å². The fourth-order valence-electron chi connectivity index (χ4n) is 3.44. The van der Waals surface area contributed by atoms with Gasteiger partial charge in [0.15, 0.2) is 0 Å². The lowest BCUT2D eigenvalue weighted by atomic mass is 10.0. The predicted octanol–water partition coefficient (Wildman–Crippen LogP) is 2.54. The van der Waals surface area contributed by atoms with Crippen molar-refractivity contribution in [3.8, 4) is 5.69 Å². The molecular weight excluding hydrogens is 300 g/mol. The number of piperidine rings is 1. The molecule has 5 nitrogen and oxygen atoms in total. The predicted molar refractivity (Wildman–Crippen MR) is 93.4 cm³/mol. The molecule has 1 saturated carbocycles. The lowest BCUT2D eigenvalue weighted by Crippen LogP contribution is -2.45. The molecule has 2 aliphatic rings. The molecular formula is C19H24N4O. The molecule has 0 spiro atoms. The van der Waals surface area contributed by atoms with Gasteiger partial charge in [-0.1, -0.05) is 0 Å². The second-order valence-corrected chi connectivity index (χ2v) is 7.02. The highest BCUT2D eigenvalue weighted by Crippen LogP contribution is 2.29. The quantitative estimate of drug-likeness (QED) is 0.940. The van der Waals surface area contributed by atoms with E-state index in [2.05, 4.69) is 15.3 Å². The number of carbonyl (C=O) groups excluding carboxylic acids is 1. The van der Waals surface area contributed by atoms with E-state index in [0.29, 0.717) is 11.6 Å². The number of rotatable bonds is 4. The van der Waals surface area contributed by atoms with E-state index in [-0.39, 0.29) is 5.91 Å². The molecule has 0 atom stereocenters. The number of hydrogen-bond donors (Lipinski definition) is 1. The number of aromatic nitrogens is 2. The minimum absolute atomic E-state index is 0.0306. The Morgan fingerprint density at radius 2 is 1.83 bits per heavy atom. The van der Waals surface area contributed by atoms with E-state index in [1.807, 2.05) is 48.3 Å². The van der Waals surface area contributed by atoms with Crippen molar-refractivity contribution in [1.29, 1.82) is 0 Å². The summed E-state index contributed by atoms with van der Waals surface area (Å²) in [5.41, 5.74) is 2.80. The van der Waals surface area contributed by atoms with E-state index in [4.69, 9.17) is 0 Å². The van der Waals surface area contributed by atoms with Crippen LogP contribution in [0.15, 0.2) is 36.7 Å². The average Bonchev–Trinajstić information content (AvgIpc) is 3.37. The maximum Gasteiger partial charge on any atom is 0.251 e. The Morgan fingerprint density at radius 3 is 2.42 bits per heavy atom. The van der Waals surface area contributed by atoms with Crippen molar-refractivity contribution in [3.05, 3.63) is 47.8 Å². The molecule has 5 heteroatoms. The molecule has 0 radical (unpaired) electrons. The monoisotopic (exact) mass is 324 g/mol. The zero-order valence-electron chi connectivity index (χ0n) is 14.1. The molecule has 1 saturated heterocycles. The largest absolute Gasteiger partial charge is 0.349 e. The molecule has 4 rings (SSSR count). The van der Waals surface area contributed by atoms with Crippen molar-refractivity contribution in [1.82, 2.24) is 20.0 Å². The van der Waals surface area contributed by atoms with Crippen molar-refractivity contribution in [2.75, 3.05) is 13.1 Å². The number of hydrogen-bond acceptors (Lipinski definition) is 3. The molecule has 2 heterocycles. The highest BCUT2D eigenvalue weighted by molar-refractivity contribution is 5.94. The fourth-order valence-corrected chi connectivity index (χ4v) is 3.44. The molecule has 1 aliphatic carbocycles. The van der Waals surface area contributed by atoms with Crippen LogP contribution >= 0.6 is 0 Å². The SMILES string of the molecule is Cc1cnn(-c2ccc(C(=O)NC3CCN(C4CC4)CC3)cc2)c1. The van der Waals surface area contributed by atoms with Gasteiger partial charge in [-0.2, -0.15) is 5.10 Å². The molecule has 2 fully saturated rings. The van der Waals surface area contributed by atoms with E-state index in [9.17, 15) is 4.79 Å². The Bertz CT molecular complexity index is 709. The average molecular weight is 324 g/mol. The Labute approximate surface area is 142 Å². The van der Waals surface area contributed by atoms with Crippen LogP contribution in [-0.4, -0.2) is 45.8 Å². The van der Waals surface area contributed by atoms with Gasteiger partial charge < -0.3 is 10.2 Å². The number of benzene rings is 1. The topological polar surface area (TPSA) is 50.2 Å². The second kappa shape index (κ2) is 6.40. The van der Waals surface area contributed by atoms with E-state index in [1.165, 1.54) is 12.8 Å². The van der Waals surface area contributed by atoms with E-state index in [0.717, 1.165) is 43.2 Å².